The van der Waals surface area contributed by atoms with Gasteiger partial charge >= 0.3 is 0 Å². The standard InChI is InChI=1S/C13H16F2N2OS/c14-10-4-3-9(5-11(10)15)19-7-13(18)17-12(6-16)8-1-2-8/h3-5,8,12H,1-2,6-7,16H2,(H,17,18). The van der Waals surface area contributed by atoms with Crippen LogP contribution in [-0.4, -0.2) is 24.2 Å². The van der Waals surface area contributed by atoms with Crippen LogP contribution in [0.5, 0.6) is 0 Å². The minimum Gasteiger partial charge on any atom is -0.351 e. The average Bonchev–Trinajstić information content (AvgIpc) is 3.21. The fraction of sp³-hybridized carbons (Fsp3) is 0.462. The summed E-state index contributed by atoms with van der Waals surface area (Å²) in [6.45, 7) is 0.437. The van der Waals surface area contributed by atoms with E-state index < -0.39 is 11.6 Å². The van der Waals surface area contributed by atoms with Crippen LogP contribution < -0.4 is 11.1 Å². The predicted molar refractivity (Wildman–Crippen MR) is 70.8 cm³/mol. The molecule has 0 spiro atoms. The first kappa shape index (κ1) is 14.3. The third-order valence-corrected chi connectivity index (χ3v) is 4.05. The molecule has 2 rings (SSSR count). The fourth-order valence-corrected chi connectivity index (χ4v) is 2.56. The van der Waals surface area contributed by atoms with Gasteiger partial charge in [0.2, 0.25) is 5.91 Å². The van der Waals surface area contributed by atoms with Crippen molar-refractivity contribution in [2.24, 2.45) is 11.7 Å². The number of hydrogen-bond acceptors (Lipinski definition) is 3. The number of nitrogens with one attached hydrogen (secondary N) is 1. The van der Waals surface area contributed by atoms with Crippen LogP contribution in [0.25, 0.3) is 0 Å². The number of amides is 1. The Morgan fingerprint density at radius 1 is 1.42 bits per heavy atom. The quantitative estimate of drug-likeness (QED) is 0.785. The van der Waals surface area contributed by atoms with E-state index in [9.17, 15) is 13.6 Å². The lowest BCUT2D eigenvalue weighted by atomic mass is 10.2. The Morgan fingerprint density at radius 2 is 2.16 bits per heavy atom. The number of nitrogens with two attached hydrogens (primary N) is 1. The van der Waals surface area contributed by atoms with Crippen LogP contribution in [0.2, 0.25) is 0 Å². The van der Waals surface area contributed by atoms with Crippen LogP contribution in [0, 0.1) is 17.6 Å². The highest BCUT2D eigenvalue weighted by atomic mass is 32.2. The smallest absolute Gasteiger partial charge is 0.230 e. The van der Waals surface area contributed by atoms with Gasteiger partial charge in [0.25, 0.3) is 0 Å². The molecule has 1 aromatic rings. The summed E-state index contributed by atoms with van der Waals surface area (Å²) < 4.78 is 25.7. The van der Waals surface area contributed by atoms with Crippen molar-refractivity contribution in [1.29, 1.82) is 0 Å². The first-order valence-corrected chi connectivity index (χ1v) is 7.16. The Hall–Kier alpha value is -1.14. The topological polar surface area (TPSA) is 55.1 Å². The summed E-state index contributed by atoms with van der Waals surface area (Å²) in [5, 5.41) is 2.87. The molecule has 6 heteroatoms. The summed E-state index contributed by atoms with van der Waals surface area (Å²) in [4.78, 5) is 12.2. The van der Waals surface area contributed by atoms with Gasteiger partial charge in [0, 0.05) is 17.5 Å². The van der Waals surface area contributed by atoms with Crippen molar-refractivity contribution < 1.29 is 13.6 Å². The minimum atomic E-state index is -0.900. The van der Waals surface area contributed by atoms with Gasteiger partial charge in [-0.15, -0.1) is 11.8 Å². The molecule has 1 aromatic carbocycles. The summed E-state index contributed by atoms with van der Waals surface area (Å²) in [5.41, 5.74) is 5.59. The summed E-state index contributed by atoms with van der Waals surface area (Å²) >= 11 is 1.18. The molecule has 104 valence electrons. The van der Waals surface area contributed by atoms with Crippen molar-refractivity contribution >= 4 is 17.7 Å². The minimum absolute atomic E-state index is 0.0399. The molecule has 1 saturated carbocycles. The van der Waals surface area contributed by atoms with Crippen LogP contribution in [0.4, 0.5) is 8.78 Å². The Morgan fingerprint density at radius 3 is 2.74 bits per heavy atom. The molecule has 0 radical (unpaired) electrons. The molecule has 1 atom stereocenters. The highest BCUT2D eigenvalue weighted by Crippen LogP contribution is 2.32. The number of carbonyl (C=O) groups excluding carboxylic acids is 1. The molecule has 0 saturated heterocycles. The summed E-state index contributed by atoms with van der Waals surface area (Å²) in [6.07, 6.45) is 2.22. The normalized spacial score (nSPS) is 16.2. The number of hydrogen-bond donors (Lipinski definition) is 2. The van der Waals surface area contributed by atoms with Gasteiger partial charge in [-0.3, -0.25) is 4.79 Å². The Balaban J connectivity index is 1.80. The van der Waals surface area contributed by atoms with Crippen molar-refractivity contribution in [3.8, 4) is 0 Å². The Kier molecular flexibility index (Phi) is 4.76. The largest absolute Gasteiger partial charge is 0.351 e. The third-order valence-electron chi connectivity index (χ3n) is 3.05. The van der Waals surface area contributed by atoms with Gasteiger partial charge in [-0.1, -0.05) is 0 Å². The van der Waals surface area contributed by atoms with Gasteiger partial charge < -0.3 is 11.1 Å². The highest BCUT2D eigenvalue weighted by molar-refractivity contribution is 8.00. The van der Waals surface area contributed by atoms with E-state index in [2.05, 4.69) is 5.32 Å². The van der Waals surface area contributed by atoms with Gasteiger partial charge in [-0.05, 0) is 37.0 Å². The second-order valence-corrected chi connectivity index (χ2v) is 5.66. The number of thioether (sulfide) groups is 1. The fourth-order valence-electron chi connectivity index (χ4n) is 1.83. The molecule has 1 unspecified atom stereocenters. The second kappa shape index (κ2) is 6.34. The molecule has 0 aliphatic heterocycles. The predicted octanol–water partition coefficient (Wildman–Crippen LogP) is 1.91. The molecule has 1 aliphatic carbocycles. The van der Waals surface area contributed by atoms with Crippen molar-refractivity contribution in [3.63, 3.8) is 0 Å². The van der Waals surface area contributed by atoms with Gasteiger partial charge in [0.05, 0.1) is 5.75 Å². The molecule has 1 fully saturated rings. The average molecular weight is 286 g/mol. The van der Waals surface area contributed by atoms with Gasteiger partial charge in [0.15, 0.2) is 11.6 Å². The number of rotatable bonds is 6. The molecular weight excluding hydrogens is 270 g/mol. The van der Waals surface area contributed by atoms with Gasteiger partial charge in [-0.2, -0.15) is 0 Å². The molecule has 0 heterocycles. The third kappa shape index (κ3) is 4.18. The van der Waals surface area contributed by atoms with E-state index in [0.29, 0.717) is 17.4 Å². The van der Waals surface area contributed by atoms with Crippen molar-refractivity contribution in [2.45, 2.75) is 23.8 Å². The molecule has 19 heavy (non-hydrogen) atoms. The summed E-state index contributed by atoms with van der Waals surface area (Å²) in [6, 6.07) is 3.65. The lowest BCUT2D eigenvalue weighted by Crippen LogP contribution is -2.42. The van der Waals surface area contributed by atoms with Crippen LogP contribution in [0.1, 0.15) is 12.8 Å². The maximum Gasteiger partial charge on any atom is 0.230 e. The molecule has 1 aliphatic rings. The van der Waals surface area contributed by atoms with Crippen molar-refractivity contribution in [1.82, 2.24) is 5.32 Å². The molecule has 0 aromatic heterocycles. The van der Waals surface area contributed by atoms with Crippen LogP contribution >= 0.6 is 11.8 Å². The van der Waals surface area contributed by atoms with E-state index in [1.165, 1.54) is 17.8 Å². The van der Waals surface area contributed by atoms with Gasteiger partial charge in [0.1, 0.15) is 0 Å². The molecule has 3 N–H and O–H groups in total. The molecule has 3 nitrogen and oxygen atoms in total. The first-order chi connectivity index (χ1) is 9.10. The maximum absolute atomic E-state index is 13.0. The number of halogens is 2. The van der Waals surface area contributed by atoms with E-state index in [1.54, 1.807) is 0 Å². The molecule has 1 amide bonds. The van der Waals surface area contributed by atoms with Crippen molar-refractivity contribution in [2.75, 3.05) is 12.3 Å². The van der Waals surface area contributed by atoms with Crippen molar-refractivity contribution in [3.05, 3.63) is 29.8 Å². The summed E-state index contributed by atoms with van der Waals surface area (Å²) in [7, 11) is 0. The summed E-state index contributed by atoms with van der Waals surface area (Å²) in [5.74, 6) is -1.23. The van der Waals surface area contributed by atoms with E-state index in [1.807, 2.05) is 0 Å². The number of carbonyl (C=O) groups is 1. The van der Waals surface area contributed by atoms with Crippen LogP contribution in [0.15, 0.2) is 23.1 Å². The monoisotopic (exact) mass is 286 g/mol. The van der Waals surface area contributed by atoms with Gasteiger partial charge in [-0.25, -0.2) is 8.78 Å². The van der Waals surface area contributed by atoms with E-state index in [-0.39, 0.29) is 17.7 Å². The van der Waals surface area contributed by atoms with E-state index >= 15 is 0 Å². The lowest BCUT2D eigenvalue weighted by molar-refractivity contribution is -0.119. The number of benzene rings is 1. The zero-order valence-corrected chi connectivity index (χ0v) is 11.2. The van der Waals surface area contributed by atoms with E-state index in [0.717, 1.165) is 25.0 Å². The first-order valence-electron chi connectivity index (χ1n) is 6.17. The molecular formula is C13H16F2N2OS. The maximum atomic E-state index is 13.0. The van der Waals surface area contributed by atoms with E-state index in [4.69, 9.17) is 5.73 Å². The van der Waals surface area contributed by atoms with Crippen LogP contribution in [-0.2, 0) is 4.79 Å². The molecule has 0 bridgehead atoms. The zero-order chi connectivity index (χ0) is 13.8. The second-order valence-electron chi connectivity index (χ2n) is 4.61. The van der Waals surface area contributed by atoms with Crippen LogP contribution in [0.3, 0.4) is 0 Å². The SMILES string of the molecule is NCC(NC(=O)CSc1ccc(F)c(F)c1)C1CC1. The zero-order valence-electron chi connectivity index (χ0n) is 10.4. The highest BCUT2D eigenvalue weighted by Gasteiger charge is 2.31. The lowest BCUT2D eigenvalue weighted by Gasteiger charge is -2.15. The Labute approximate surface area is 114 Å². The Bertz CT molecular complexity index is 466.